The van der Waals surface area contributed by atoms with Gasteiger partial charge >= 0.3 is 5.97 Å². The first-order valence-corrected chi connectivity index (χ1v) is 6.63. The molecule has 106 valence electrons. The van der Waals surface area contributed by atoms with Gasteiger partial charge in [0.2, 0.25) is 0 Å². The number of methoxy groups -OCH3 is 1. The van der Waals surface area contributed by atoms with Crippen LogP contribution in [-0.4, -0.2) is 23.6 Å². The molecule has 0 aliphatic heterocycles. The molecule has 0 aliphatic rings. The number of anilines is 1. The van der Waals surface area contributed by atoms with Crippen molar-refractivity contribution in [3.63, 3.8) is 0 Å². The number of rotatable bonds is 3. The lowest BCUT2D eigenvalue weighted by molar-refractivity contribution is -0.139. The summed E-state index contributed by atoms with van der Waals surface area (Å²) in [7, 11) is 1.39. The van der Waals surface area contributed by atoms with Gasteiger partial charge in [-0.2, -0.15) is 0 Å². The molecule has 1 aromatic heterocycles. The topological polar surface area (TPSA) is 51.2 Å². The second-order valence-corrected chi connectivity index (χ2v) is 5.81. The van der Waals surface area contributed by atoms with Crippen LogP contribution in [-0.2, 0) is 16.0 Å². The van der Waals surface area contributed by atoms with E-state index in [-0.39, 0.29) is 17.9 Å². The van der Waals surface area contributed by atoms with Crippen LogP contribution in [0.4, 0.5) is 5.69 Å². The zero-order valence-corrected chi connectivity index (χ0v) is 12.4. The van der Waals surface area contributed by atoms with Gasteiger partial charge in [0.1, 0.15) is 0 Å². The Hall–Kier alpha value is -2.10. The van der Waals surface area contributed by atoms with Gasteiger partial charge in [-0.25, -0.2) is 0 Å². The molecule has 0 bridgehead atoms. The first kappa shape index (κ1) is 14.3. The molecule has 0 unspecified atom stereocenters. The van der Waals surface area contributed by atoms with Gasteiger partial charge in [0.25, 0.3) is 0 Å². The van der Waals surface area contributed by atoms with Crippen molar-refractivity contribution in [2.75, 3.05) is 12.4 Å². The van der Waals surface area contributed by atoms with Gasteiger partial charge < -0.3 is 10.1 Å². The maximum atomic E-state index is 11.4. The number of esters is 1. The van der Waals surface area contributed by atoms with Gasteiger partial charge in [0.05, 0.1) is 24.7 Å². The third kappa shape index (κ3) is 3.47. The normalized spacial score (nSPS) is 11.4. The standard InChI is InChI=1S/C16H20N2O2/c1-16(2,3)18-14-9-11(10-15(19)20-4)17-13-8-6-5-7-12(13)14/h5-9H,10H2,1-4H3,(H,17,18). The van der Waals surface area contributed by atoms with E-state index in [1.165, 1.54) is 7.11 Å². The highest BCUT2D eigenvalue weighted by molar-refractivity contribution is 5.92. The summed E-state index contributed by atoms with van der Waals surface area (Å²) in [6.07, 6.45) is 0.181. The average molecular weight is 272 g/mol. The van der Waals surface area contributed by atoms with Gasteiger partial charge in [-0.15, -0.1) is 0 Å². The van der Waals surface area contributed by atoms with Gasteiger partial charge in [-0.05, 0) is 32.9 Å². The van der Waals surface area contributed by atoms with Crippen LogP contribution in [0.3, 0.4) is 0 Å². The van der Waals surface area contributed by atoms with E-state index in [0.29, 0.717) is 5.69 Å². The smallest absolute Gasteiger partial charge is 0.311 e. The van der Waals surface area contributed by atoms with Crippen molar-refractivity contribution in [2.45, 2.75) is 32.7 Å². The summed E-state index contributed by atoms with van der Waals surface area (Å²) in [5.41, 5.74) is 2.51. The Morgan fingerprint density at radius 2 is 2.00 bits per heavy atom. The van der Waals surface area contributed by atoms with Crippen LogP contribution >= 0.6 is 0 Å². The number of carbonyl (C=O) groups is 1. The summed E-state index contributed by atoms with van der Waals surface area (Å²) < 4.78 is 4.71. The third-order valence-corrected chi connectivity index (χ3v) is 2.83. The Bertz CT molecular complexity index is 630. The molecule has 1 heterocycles. The fraction of sp³-hybridized carbons (Fsp3) is 0.375. The van der Waals surface area contributed by atoms with Crippen LogP contribution in [0.25, 0.3) is 10.9 Å². The SMILES string of the molecule is COC(=O)Cc1cc(NC(C)(C)C)c2ccccc2n1. The molecule has 0 atom stereocenters. The minimum absolute atomic E-state index is 0.0628. The first-order valence-electron chi connectivity index (χ1n) is 6.63. The van der Waals surface area contributed by atoms with E-state index < -0.39 is 0 Å². The van der Waals surface area contributed by atoms with Crippen molar-refractivity contribution in [3.05, 3.63) is 36.0 Å². The Morgan fingerprint density at radius 1 is 1.30 bits per heavy atom. The number of para-hydroxylation sites is 1. The predicted molar refractivity (Wildman–Crippen MR) is 80.8 cm³/mol. The van der Waals surface area contributed by atoms with E-state index in [1.54, 1.807) is 0 Å². The van der Waals surface area contributed by atoms with E-state index >= 15 is 0 Å². The van der Waals surface area contributed by atoms with Gasteiger partial charge in [-0.1, -0.05) is 18.2 Å². The number of pyridine rings is 1. The quantitative estimate of drug-likeness (QED) is 0.872. The molecule has 0 saturated carbocycles. The molecule has 2 rings (SSSR count). The summed E-state index contributed by atoms with van der Waals surface area (Å²) in [4.78, 5) is 15.9. The number of nitrogens with zero attached hydrogens (tertiary/aromatic N) is 1. The summed E-state index contributed by atoms with van der Waals surface area (Å²) in [6, 6.07) is 9.82. The molecule has 0 amide bonds. The van der Waals surface area contributed by atoms with E-state index in [9.17, 15) is 4.79 Å². The minimum atomic E-state index is -0.283. The third-order valence-electron chi connectivity index (χ3n) is 2.83. The minimum Gasteiger partial charge on any atom is -0.469 e. The molecule has 1 N–H and O–H groups in total. The molecule has 2 aromatic rings. The lowest BCUT2D eigenvalue weighted by atomic mass is 10.1. The maximum Gasteiger partial charge on any atom is 0.311 e. The highest BCUT2D eigenvalue weighted by Crippen LogP contribution is 2.26. The van der Waals surface area contributed by atoms with Gasteiger partial charge in [0.15, 0.2) is 0 Å². The van der Waals surface area contributed by atoms with Gasteiger partial charge in [-0.3, -0.25) is 9.78 Å². The number of benzene rings is 1. The molecule has 0 radical (unpaired) electrons. The molecule has 0 aliphatic carbocycles. The summed E-state index contributed by atoms with van der Waals surface area (Å²) in [5, 5.41) is 4.52. The van der Waals surface area contributed by atoms with Crippen LogP contribution in [0.5, 0.6) is 0 Å². The van der Waals surface area contributed by atoms with Crippen LogP contribution in [0.1, 0.15) is 26.5 Å². The number of hydrogen-bond acceptors (Lipinski definition) is 4. The largest absolute Gasteiger partial charge is 0.469 e. The Balaban J connectivity index is 2.49. The highest BCUT2D eigenvalue weighted by atomic mass is 16.5. The van der Waals surface area contributed by atoms with E-state index in [0.717, 1.165) is 16.6 Å². The summed E-state index contributed by atoms with van der Waals surface area (Å²) in [6.45, 7) is 6.30. The number of hydrogen-bond donors (Lipinski definition) is 1. The fourth-order valence-electron chi connectivity index (χ4n) is 2.05. The molecular weight excluding hydrogens is 252 g/mol. The summed E-state index contributed by atoms with van der Waals surface area (Å²) >= 11 is 0. The molecule has 20 heavy (non-hydrogen) atoms. The molecule has 0 spiro atoms. The number of carbonyl (C=O) groups excluding carboxylic acids is 1. The Kier molecular flexibility index (Phi) is 3.93. The Morgan fingerprint density at radius 3 is 2.65 bits per heavy atom. The lowest BCUT2D eigenvalue weighted by Crippen LogP contribution is -2.26. The summed E-state index contributed by atoms with van der Waals surface area (Å²) in [5.74, 6) is -0.283. The predicted octanol–water partition coefficient (Wildman–Crippen LogP) is 3.16. The van der Waals surface area contributed by atoms with Gasteiger partial charge in [0, 0.05) is 16.6 Å². The second kappa shape index (κ2) is 5.49. The lowest BCUT2D eigenvalue weighted by Gasteiger charge is -2.23. The fourth-order valence-corrected chi connectivity index (χ4v) is 2.05. The first-order chi connectivity index (χ1) is 9.39. The van der Waals surface area contributed by atoms with E-state index in [1.807, 2.05) is 30.3 Å². The van der Waals surface area contributed by atoms with Crippen molar-refractivity contribution < 1.29 is 9.53 Å². The maximum absolute atomic E-state index is 11.4. The highest BCUT2D eigenvalue weighted by Gasteiger charge is 2.14. The zero-order valence-electron chi connectivity index (χ0n) is 12.4. The van der Waals surface area contributed by atoms with Crippen molar-refractivity contribution in [1.29, 1.82) is 0 Å². The molecule has 1 aromatic carbocycles. The second-order valence-electron chi connectivity index (χ2n) is 5.81. The molecule has 4 heteroatoms. The van der Waals surface area contributed by atoms with Crippen molar-refractivity contribution in [3.8, 4) is 0 Å². The number of ether oxygens (including phenoxy) is 1. The van der Waals surface area contributed by atoms with Crippen molar-refractivity contribution >= 4 is 22.6 Å². The van der Waals surface area contributed by atoms with E-state index in [4.69, 9.17) is 4.74 Å². The molecule has 0 fully saturated rings. The molecular formula is C16H20N2O2. The Labute approximate surface area is 119 Å². The number of nitrogens with one attached hydrogen (secondary N) is 1. The van der Waals surface area contributed by atoms with Crippen molar-refractivity contribution in [1.82, 2.24) is 4.98 Å². The van der Waals surface area contributed by atoms with Crippen LogP contribution in [0.15, 0.2) is 30.3 Å². The van der Waals surface area contributed by atoms with Crippen LogP contribution in [0.2, 0.25) is 0 Å². The molecule has 4 nitrogen and oxygen atoms in total. The van der Waals surface area contributed by atoms with Crippen molar-refractivity contribution in [2.24, 2.45) is 0 Å². The van der Waals surface area contributed by atoms with E-state index in [2.05, 4.69) is 31.1 Å². The number of aromatic nitrogens is 1. The monoisotopic (exact) mass is 272 g/mol. The van der Waals surface area contributed by atoms with Crippen LogP contribution in [0, 0.1) is 0 Å². The zero-order chi connectivity index (χ0) is 14.8. The number of fused-ring (bicyclic) bond motifs is 1. The molecule has 0 saturated heterocycles. The average Bonchev–Trinajstić information content (AvgIpc) is 2.36. The van der Waals surface area contributed by atoms with Crippen LogP contribution < -0.4 is 5.32 Å².